The molecule has 0 bridgehead atoms. The Morgan fingerprint density at radius 2 is 2.19 bits per heavy atom. The molecule has 7 nitrogen and oxygen atoms in total. The molecule has 2 fully saturated rings. The molecule has 1 saturated carbocycles. The van der Waals surface area contributed by atoms with E-state index in [4.69, 9.17) is 12.2 Å². The van der Waals surface area contributed by atoms with Crippen LogP contribution in [0.5, 0.6) is 0 Å². The van der Waals surface area contributed by atoms with E-state index in [1.807, 2.05) is 22.5 Å². The van der Waals surface area contributed by atoms with E-state index >= 15 is 0 Å². The van der Waals surface area contributed by atoms with Gasteiger partial charge in [-0.25, -0.2) is 0 Å². The monoisotopic (exact) mass is 405 g/mol. The minimum atomic E-state index is 0.0220. The summed E-state index contributed by atoms with van der Waals surface area (Å²) < 4.78 is 2.63. The molecule has 1 aliphatic carbocycles. The minimum Gasteiger partial charge on any atom is -0.337 e. The smallest absolute Gasteiger partial charge is 0.264 e. The maximum atomic E-state index is 12.9. The number of thiophene rings is 1. The molecule has 1 aliphatic heterocycles. The van der Waals surface area contributed by atoms with Gasteiger partial charge in [-0.05, 0) is 57.0 Å². The Labute approximate surface area is 166 Å². The molecular weight excluding hydrogens is 382 g/mol. The Bertz CT molecular complexity index is 911. The van der Waals surface area contributed by atoms with E-state index in [1.165, 1.54) is 11.3 Å². The van der Waals surface area contributed by atoms with Crippen LogP contribution in [-0.4, -0.2) is 44.6 Å². The predicted octanol–water partition coefficient (Wildman–Crippen LogP) is 3.39. The van der Waals surface area contributed by atoms with Gasteiger partial charge in [0.1, 0.15) is 5.82 Å². The Morgan fingerprint density at radius 1 is 1.37 bits per heavy atom. The maximum Gasteiger partial charge on any atom is 0.264 e. The second kappa shape index (κ2) is 7.55. The number of aromatic nitrogens is 3. The molecule has 0 radical (unpaired) electrons. The molecule has 2 aromatic heterocycles. The van der Waals surface area contributed by atoms with E-state index in [-0.39, 0.29) is 23.7 Å². The van der Waals surface area contributed by atoms with Gasteiger partial charge in [0.05, 0.1) is 9.88 Å². The van der Waals surface area contributed by atoms with E-state index in [2.05, 4.69) is 15.5 Å². The summed E-state index contributed by atoms with van der Waals surface area (Å²) in [5.74, 6) is 1.36. The van der Waals surface area contributed by atoms with Crippen molar-refractivity contribution >= 4 is 40.4 Å². The summed E-state index contributed by atoms with van der Waals surface area (Å²) in [5, 5.41) is 10.9. The van der Waals surface area contributed by atoms with Crippen molar-refractivity contribution in [2.45, 2.75) is 45.1 Å². The maximum absolute atomic E-state index is 12.9. The molecule has 2 N–H and O–H groups in total. The van der Waals surface area contributed by atoms with E-state index in [9.17, 15) is 9.59 Å². The summed E-state index contributed by atoms with van der Waals surface area (Å²) >= 11 is 6.64. The number of amides is 2. The number of H-pyrrole nitrogens is 1. The van der Waals surface area contributed by atoms with Crippen LogP contribution in [0.1, 0.15) is 54.0 Å². The molecule has 4 rings (SSSR count). The van der Waals surface area contributed by atoms with Gasteiger partial charge < -0.3 is 14.8 Å². The van der Waals surface area contributed by atoms with Crippen LogP contribution in [0.4, 0.5) is 5.00 Å². The van der Waals surface area contributed by atoms with E-state index in [0.29, 0.717) is 16.2 Å². The van der Waals surface area contributed by atoms with Crippen molar-refractivity contribution in [3.05, 3.63) is 27.6 Å². The molecule has 9 heteroatoms. The Morgan fingerprint density at radius 3 is 2.93 bits per heavy atom. The van der Waals surface area contributed by atoms with Crippen molar-refractivity contribution in [1.29, 1.82) is 0 Å². The summed E-state index contributed by atoms with van der Waals surface area (Å²) in [6.45, 7) is 4.20. The van der Waals surface area contributed by atoms with Crippen molar-refractivity contribution < 1.29 is 9.59 Å². The molecule has 1 atom stereocenters. The van der Waals surface area contributed by atoms with Crippen molar-refractivity contribution in [3.63, 3.8) is 0 Å². The zero-order valence-corrected chi connectivity index (χ0v) is 16.9. The summed E-state index contributed by atoms with van der Waals surface area (Å²) in [5.41, 5.74) is 0. The van der Waals surface area contributed by atoms with Gasteiger partial charge in [-0.2, -0.15) is 5.10 Å². The van der Waals surface area contributed by atoms with E-state index < -0.39 is 0 Å². The van der Waals surface area contributed by atoms with Crippen LogP contribution < -0.4 is 5.32 Å². The first kappa shape index (κ1) is 18.4. The molecule has 2 aromatic rings. The number of anilines is 1. The number of nitrogens with zero attached hydrogens (tertiary/aromatic N) is 3. The first-order valence-electron chi connectivity index (χ1n) is 9.42. The number of carbonyl (C=O) groups is 2. The van der Waals surface area contributed by atoms with Crippen molar-refractivity contribution in [3.8, 4) is 0 Å². The van der Waals surface area contributed by atoms with Crippen LogP contribution in [0.3, 0.4) is 0 Å². The minimum absolute atomic E-state index is 0.0220. The van der Waals surface area contributed by atoms with Gasteiger partial charge in [0.15, 0.2) is 4.77 Å². The lowest BCUT2D eigenvalue weighted by molar-refractivity contribution is -0.117. The molecule has 1 unspecified atom stereocenters. The number of aromatic amines is 1. The average molecular weight is 406 g/mol. The van der Waals surface area contributed by atoms with Gasteiger partial charge in [0, 0.05) is 31.5 Å². The number of hydrogen-bond donors (Lipinski definition) is 2. The number of rotatable bonds is 5. The van der Waals surface area contributed by atoms with Crippen molar-refractivity contribution in [2.24, 2.45) is 5.92 Å². The average Bonchev–Trinajstić information content (AvgIpc) is 3.33. The highest BCUT2D eigenvalue weighted by atomic mass is 32.1. The number of nitrogens with one attached hydrogen (secondary N) is 2. The fourth-order valence-corrected chi connectivity index (χ4v) is 4.71. The predicted molar refractivity (Wildman–Crippen MR) is 107 cm³/mol. The van der Waals surface area contributed by atoms with Crippen LogP contribution in [0, 0.1) is 10.7 Å². The Kier molecular flexibility index (Phi) is 5.14. The Hall–Kier alpha value is -2.00. The van der Waals surface area contributed by atoms with Crippen LogP contribution in [0.25, 0.3) is 0 Å². The van der Waals surface area contributed by atoms with Gasteiger partial charge >= 0.3 is 0 Å². The molecule has 2 amide bonds. The van der Waals surface area contributed by atoms with E-state index in [0.717, 1.165) is 49.6 Å². The number of piperidine rings is 1. The van der Waals surface area contributed by atoms with Gasteiger partial charge in [-0.1, -0.05) is 0 Å². The topological polar surface area (TPSA) is 83.0 Å². The molecule has 1 saturated heterocycles. The number of likely N-dealkylation sites (tertiary alicyclic amines) is 1. The molecule has 144 valence electrons. The number of hydrogen-bond acceptors (Lipinski definition) is 5. The second-order valence-corrected chi connectivity index (χ2v) is 8.62. The highest BCUT2D eigenvalue weighted by molar-refractivity contribution is 7.71. The fraction of sp³-hybridized carbons (Fsp3) is 0.556. The third-order valence-electron chi connectivity index (χ3n) is 5.19. The highest BCUT2D eigenvalue weighted by Gasteiger charge is 2.31. The lowest BCUT2D eigenvalue weighted by Gasteiger charge is -2.32. The largest absolute Gasteiger partial charge is 0.337 e. The van der Waals surface area contributed by atoms with Gasteiger partial charge in [-0.3, -0.25) is 14.7 Å². The summed E-state index contributed by atoms with van der Waals surface area (Å²) in [4.78, 5) is 27.4. The molecule has 0 spiro atoms. The SMILES string of the molecule is CCn1c(C2CCCN(C(=O)c3ccc(NC(=O)C4CC4)s3)C2)n[nH]c1=S. The molecule has 0 aromatic carbocycles. The van der Waals surface area contributed by atoms with Crippen LogP contribution >= 0.6 is 23.6 Å². The summed E-state index contributed by atoms with van der Waals surface area (Å²) in [6, 6.07) is 3.63. The normalized spacial score (nSPS) is 19.9. The third-order valence-corrected chi connectivity index (χ3v) is 6.49. The summed E-state index contributed by atoms with van der Waals surface area (Å²) in [6.07, 6.45) is 3.87. The van der Waals surface area contributed by atoms with Crippen LogP contribution in [0.2, 0.25) is 0 Å². The first-order chi connectivity index (χ1) is 13.1. The van der Waals surface area contributed by atoms with Crippen LogP contribution in [0.15, 0.2) is 12.1 Å². The third kappa shape index (κ3) is 3.84. The van der Waals surface area contributed by atoms with Crippen molar-refractivity contribution in [2.75, 3.05) is 18.4 Å². The highest BCUT2D eigenvalue weighted by Crippen LogP contribution is 2.32. The fourth-order valence-electron chi connectivity index (χ4n) is 3.56. The van der Waals surface area contributed by atoms with E-state index in [1.54, 1.807) is 6.07 Å². The Balaban J connectivity index is 1.44. The molecular formula is C18H23N5O2S2. The quantitative estimate of drug-likeness (QED) is 0.747. The summed E-state index contributed by atoms with van der Waals surface area (Å²) in [7, 11) is 0. The lowest BCUT2D eigenvalue weighted by atomic mass is 9.97. The van der Waals surface area contributed by atoms with Crippen LogP contribution in [-0.2, 0) is 11.3 Å². The molecule has 3 heterocycles. The first-order valence-corrected chi connectivity index (χ1v) is 10.6. The molecule has 27 heavy (non-hydrogen) atoms. The van der Waals surface area contributed by atoms with Gasteiger partial charge in [0.25, 0.3) is 5.91 Å². The second-order valence-electron chi connectivity index (χ2n) is 7.15. The molecule has 2 aliphatic rings. The van der Waals surface area contributed by atoms with Gasteiger partial charge in [-0.15, -0.1) is 11.3 Å². The van der Waals surface area contributed by atoms with Gasteiger partial charge in [0.2, 0.25) is 5.91 Å². The zero-order valence-electron chi connectivity index (χ0n) is 15.2. The zero-order chi connectivity index (χ0) is 19.0. The number of carbonyl (C=O) groups excluding carboxylic acids is 2. The standard InChI is InChI=1S/C18H23N5O2S2/c1-2-23-15(20-21-18(23)26)12-4-3-9-22(10-12)17(25)13-7-8-14(27-13)19-16(24)11-5-6-11/h7-8,11-12H,2-6,9-10H2,1H3,(H,19,24)(H,21,26). The van der Waals surface area contributed by atoms with Crippen molar-refractivity contribution in [1.82, 2.24) is 19.7 Å². The lowest BCUT2D eigenvalue weighted by Crippen LogP contribution is -2.39.